The second kappa shape index (κ2) is 10.5. The number of carbonyl (C=O) groups excluding carboxylic acids is 2. The van der Waals surface area contributed by atoms with Crippen LogP contribution in [0, 0.1) is 24.1 Å². The Balaban J connectivity index is 1.59. The van der Waals surface area contributed by atoms with Crippen molar-refractivity contribution in [3.05, 3.63) is 94.8 Å². The van der Waals surface area contributed by atoms with Gasteiger partial charge in [-0.15, -0.1) is 0 Å². The third-order valence-electron chi connectivity index (χ3n) is 4.33. The van der Waals surface area contributed by atoms with E-state index in [1.807, 2.05) is 19.1 Å². The van der Waals surface area contributed by atoms with E-state index < -0.39 is 11.7 Å². The molecule has 0 aromatic heterocycles. The molecule has 0 saturated carbocycles. The number of ether oxygens (including phenoxy) is 1. The number of rotatable bonds is 7. The van der Waals surface area contributed by atoms with Crippen LogP contribution < -0.4 is 15.5 Å². The predicted octanol–water partition coefficient (Wildman–Crippen LogP) is 3.79. The number of hydrogen-bond donors (Lipinski definition) is 2. The average molecular weight is 430 g/mol. The summed E-state index contributed by atoms with van der Waals surface area (Å²) in [5.74, 6) is -1.53. The van der Waals surface area contributed by atoms with Gasteiger partial charge in [-0.25, -0.2) is 9.82 Å². The summed E-state index contributed by atoms with van der Waals surface area (Å²) in [4.78, 5) is 24.3. The summed E-state index contributed by atoms with van der Waals surface area (Å²) in [7, 11) is 0. The topological polar surface area (TPSA) is 104 Å². The summed E-state index contributed by atoms with van der Waals surface area (Å²) in [6.07, 6.45) is 1.33. The first-order valence-corrected chi connectivity index (χ1v) is 9.57. The second-order valence-corrected chi connectivity index (χ2v) is 6.75. The van der Waals surface area contributed by atoms with Crippen molar-refractivity contribution in [1.29, 1.82) is 5.26 Å². The zero-order valence-corrected chi connectivity index (χ0v) is 17.1. The van der Waals surface area contributed by atoms with Gasteiger partial charge in [0.1, 0.15) is 11.6 Å². The number of para-hydroxylation sites is 1. The SMILES string of the molecule is Cc1ccc(NC(=O)COc2ccccc2/C=N\NC(=O)c2ccc(C#N)cc2F)cc1. The first-order valence-electron chi connectivity index (χ1n) is 9.57. The molecule has 3 aromatic rings. The summed E-state index contributed by atoms with van der Waals surface area (Å²) in [6, 6.07) is 19.5. The van der Waals surface area contributed by atoms with Gasteiger partial charge in [0.15, 0.2) is 6.61 Å². The minimum atomic E-state index is -0.819. The molecule has 0 fully saturated rings. The zero-order chi connectivity index (χ0) is 22.9. The molecule has 0 saturated heterocycles. The second-order valence-electron chi connectivity index (χ2n) is 6.75. The molecule has 0 unspecified atom stereocenters. The molecule has 8 heteroatoms. The fourth-order valence-corrected chi connectivity index (χ4v) is 2.69. The smallest absolute Gasteiger partial charge is 0.274 e. The molecule has 3 aromatic carbocycles. The van der Waals surface area contributed by atoms with Crippen molar-refractivity contribution in [1.82, 2.24) is 5.43 Å². The predicted molar refractivity (Wildman–Crippen MR) is 118 cm³/mol. The third-order valence-corrected chi connectivity index (χ3v) is 4.33. The van der Waals surface area contributed by atoms with Gasteiger partial charge >= 0.3 is 0 Å². The monoisotopic (exact) mass is 430 g/mol. The Morgan fingerprint density at radius 1 is 1.12 bits per heavy atom. The molecule has 2 amide bonds. The number of hydrazone groups is 1. The van der Waals surface area contributed by atoms with Gasteiger partial charge in [-0.3, -0.25) is 9.59 Å². The van der Waals surface area contributed by atoms with Crippen molar-refractivity contribution in [3.8, 4) is 11.8 Å². The lowest BCUT2D eigenvalue weighted by Crippen LogP contribution is -2.21. The number of carbonyl (C=O) groups is 2. The minimum Gasteiger partial charge on any atom is -0.483 e. The van der Waals surface area contributed by atoms with Crippen LogP contribution in [0.3, 0.4) is 0 Å². The molecular formula is C24H19FN4O3. The molecule has 32 heavy (non-hydrogen) atoms. The number of nitriles is 1. The van der Waals surface area contributed by atoms with E-state index in [4.69, 9.17) is 10.00 Å². The zero-order valence-electron chi connectivity index (χ0n) is 17.1. The van der Waals surface area contributed by atoms with Gasteiger partial charge in [0.25, 0.3) is 11.8 Å². The van der Waals surface area contributed by atoms with Crippen LogP contribution in [0.25, 0.3) is 0 Å². The van der Waals surface area contributed by atoms with Gasteiger partial charge in [0.2, 0.25) is 0 Å². The summed E-state index contributed by atoms with van der Waals surface area (Å²) in [5.41, 5.74) is 4.36. The summed E-state index contributed by atoms with van der Waals surface area (Å²) < 4.78 is 19.5. The standard InChI is InChI=1S/C24H19FN4O3/c1-16-6-9-19(10-7-16)28-23(30)15-32-22-5-3-2-4-18(22)14-27-29-24(31)20-11-8-17(13-26)12-21(20)25/h2-12,14H,15H2,1H3,(H,28,30)(H,29,31)/b27-14-. The van der Waals surface area contributed by atoms with E-state index in [1.165, 1.54) is 18.3 Å². The van der Waals surface area contributed by atoms with Gasteiger partial charge in [0.05, 0.1) is 23.4 Å². The quantitative estimate of drug-likeness (QED) is 0.440. The number of halogens is 1. The number of anilines is 1. The Kier molecular flexibility index (Phi) is 7.28. The Labute approximate surface area is 184 Å². The Bertz CT molecular complexity index is 1200. The molecule has 0 atom stereocenters. The van der Waals surface area contributed by atoms with Crippen LogP contribution in [0.2, 0.25) is 0 Å². The van der Waals surface area contributed by atoms with Gasteiger partial charge in [0, 0.05) is 11.3 Å². The largest absolute Gasteiger partial charge is 0.483 e. The van der Waals surface area contributed by atoms with Gasteiger partial charge in [-0.1, -0.05) is 29.8 Å². The lowest BCUT2D eigenvalue weighted by atomic mass is 10.1. The van der Waals surface area contributed by atoms with E-state index in [-0.39, 0.29) is 23.6 Å². The number of benzene rings is 3. The molecule has 0 spiro atoms. The number of nitrogens with zero attached hydrogens (tertiary/aromatic N) is 2. The van der Waals surface area contributed by atoms with E-state index in [2.05, 4.69) is 15.8 Å². The van der Waals surface area contributed by atoms with Crippen molar-refractivity contribution < 1.29 is 18.7 Å². The Morgan fingerprint density at radius 2 is 1.88 bits per heavy atom. The van der Waals surface area contributed by atoms with E-state index in [0.29, 0.717) is 17.0 Å². The highest BCUT2D eigenvalue weighted by Crippen LogP contribution is 2.16. The van der Waals surface area contributed by atoms with Crippen LogP contribution in [0.1, 0.15) is 27.0 Å². The fraction of sp³-hybridized carbons (Fsp3) is 0.0833. The molecule has 0 aliphatic rings. The maximum absolute atomic E-state index is 13.9. The van der Waals surface area contributed by atoms with Crippen LogP contribution in [-0.2, 0) is 4.79 Å². The third kappa shape index (κ3) is 6.00. The van der Waals surface area contributed by atoms with Crippen molar-refractivity contribution >= 4 is 23.7 Å². The van der Waals surface area contributed by atoms with Crippen LogP contribution in [0.4, 0.5) is 10.1 Å². The fourth-order valence-electron chi connectivity index (χ4n) is 2.69. The summed E-state index contributed by atoms with van der Waals surface area (Å²) in [6.45, 7) is 1.73. The Hall–Kier alpha value is -4.51. The van der Waals surface area contributed by atoms with Crippen LogP contribution in [-0.4, -0.2) is 24.6 Å². The molecule has 0 aliphatic carbocycles. The highest BCUT2D eigenvalue weighted by atomic mass is 19.1. The van der Waals surface area contributed by atoms with E-state index >= 15 is 0 Å². The first-order chi connectivity index (χ1) is 15.5. The normalized spacial score (nSPS) is 10.4. The minimum absolute atomic E-state index is 0.111. The molecule has 160 valence electrons. The maximum atomic E-state index is 13.9. The van der Waals surface area contributed by atoms with Crippen molar-refractivity contribution in [2.24, 2.45) is 5.10 Å². The van der Waals surface area contributed by atoms with Crippen LogP contribution >= 0.6 is 0 Å². The Morgan fingerprint density at radius 3 is 2.59 bits per heavy atom. The van der Waals surface area contributed by atoms with Crippen molar-refractivity contribution in [3.63, 3.8) is 0 Å². The number of aryl methyl sites for hydroxylation is 1. The van der Waals surface area contributed by atoms with Crippen molar-refractivity contribution in [2.45, 2.75) is 6.92 Å². The molecular weight excluding hydrogens is 411 g/mol. The van der Waals surface area contributed by atoms with Gasteiger partial charge in [-0.05, 0) is 49.4 Å². The molecule has 0 radical (unpaired) electrons. The number of hydrogen-bond acceptors (Lipinski definition) is 5. The maximum Gasteiger partial charge on any atom is 0.274 e. The molecule has 0 bridgehead atoms. The van der Waals surface area contributed by atoms with Crippen LogP contribution in [0.5, 0.6) is 5.75 Å². The molecule has 3 rings (SSSR count). The highest BCUT2D eigenvalue weighted by Gasteiger charge is 2.12. The highest BCUT2D eigenvalue weighted by molar-refractivity contribution is 5.95. The molecule has 0 heterocycles. The summed E-state index contributed by atoms with van der Waals surface area (Å²) in [5, 5.41) is 15.3. The average Bonchev–Trinajstić information content (AvgIpc) is 2.79. The summed E-state index contributed by atoms with van der Waals surface area (Å²) >= 11 is 0. The van der Waals surface area contributed by atoms with Gasteiger partial charge in [-0.2, -0.15) is 10.4 Å². The lowest BCUT2D eigenvalue weighted by Gasteiger charge is -2.10. The van der Waals surface area contributed by atoms with E-state index in [0.717, 1.165) is 11.6 Å². The first kappa shape index (κ1) is 22.2. The van der Waals surface area contributed by atoms with E-state index in [9.17, 15) is 14.0 Å². The van der Waals surface area contributed by atoms with E-state index in [1.54, 1.807) is 42.5 Å². The number of nitrogens with one attached hydrogen (secondary N) is 2. The molecule has 2 N–H and O–H groups in total. The molecule has 7 nitrogen and oxygen atoms in total. The van der Waals surface area contributed by atoms with Crippen molar-refractivity contribution in [2.75, 3.05) is 11.9 Å². The molecule has 0 aliphatic heterocycles. The lowest BCUT2D eigenvalue weighted by molar-refractivity contribution is -0.118. The number of amides is 2. The van der Waals surface area contributed by atoms with Crippen LogP contribution in [0.15, 0.2) is 71.8 Å². The van der Waals surface area contributed by atoms with Gasteiger partial charge < -0.3 is 10.1 Å².